The second kappa shape index (κ2) is 6.94. The van der Waals surface area contributed by atoms with E-state index in [2.05, 4.69) is 24.0 Å². The van der Waals surface area contributed by atoms with Crippen molar-refractivity contribution in [2.24, 2.45) is 4.99 Å². The van der Waals surface area contributed by atoms with E-state index in [4.69, 9.17) is 9.73 Å². The number of allylic oxidation sites excluding steroid dienone is 1. The maximum Gasteiger partial charge on any atom is 0.328 e. The molecular weight excluding hydrogens is 358 g/mol. The van der Waals surface area contributed by atoms with Gasteiger partial charge in [0, 0.05) is 26.1 Å². The summed E-state index contributed by atoms with van der Waals surface area (Å²) < 4.78 is 5.06. The van der Waals surface area contributed by atoms with Crippen LogP contribution in [0.5, 0.6) is 0 Å². The zero-order chi connectivity index (χ0) is 20.0. The van der Waals surface area contributed by atoms with Crippen LogP contribution in [-0.2, 0) is 16.0 Å². The monoisotopic (exact) mass is 383 g/mol. The van der Waals surface area contributed by atoms with Crippen molar-refractivity contribution in [1.29, 1.82) is 0 Å². The van der Waals surface area contributed by atoms with Gasteiger partial charge in [0.1, 0.15) is 0 Å². The molecule has 8 heteroatoms. The molecule has 0 N–H and O–H groups in total. The van der Waals surface area contributed by atoms with Crippen LogP contribution in [0.1, 0.15) is 19.4 Å². The summed E-state index contributed by atoms with van der Waals surface area (Å²) in [5, 5.41) is 0. The lowest BCUT2D eigenvalue weighted by atomic mass is 10.1. The number of guanidine groups is 1. The van der Waals surface area contributed by atoms with Crippen molar-refractivity contribution in [2.75, 3.05) is 32.2 Å². The van der Waals surface area contributed by atoms with Gasteiger partial charge in [-0.05, 0) is 25.0 Å². The van der Waals surface area contributed by atoms with E-state index in [9.17, 15) is 9.59 Å². The third-order valence-electron chi connectivity index (χ3n) is 5.52. The van der Waals surface area contributed by atoms with E-state index in [1.165, 1.54) is 10.5 Å². The number of ether oxygens (including phenoxy) is 1. The number of para-hydroxylation sites is 1. The van der Waals surface area contributed by atoms with Crippen molar-refractivity contribution in [1.82, 2.24) is 14.7 Å². The summed E-state index contributed by atoms with van der Waals surface area (Å²) in [4.78, 5) is 37.4. The highest BCUT2D eigenvalue weighted by atomic mass is 16.5. The minimum Gasteiger partial charge on any atom is -0.383 e. The average molecular weight is 383 g/mol. The van der Waals surface area contributed by atoms with E-state index in [-0.39, 0.29) is 18.5 Å². The Hall–Kier alpha value is -2.87. The van der Waals surface area contributed by atoms with Crippen LogP contribution < -0.4 is 4.90 Å². The van der Waals surface area contributed by atoms with E-state index in [0.29, 0.717) is 12.6 Å². The highest BCUT2D eigenvalue weighted by Gasteiger charge is 2.54. The fourth-order valence-corrected chi connectivity index (χ4v) is 4.07. The molecule has 148 valence electrons. The van der Waals surface area contributed by atoms with Gasteiger partial charge in [-0.2, -0.15) is 0 Å². The summed E-state index contributed by atoms with van der Waals surface area (Å²) in [5.41, 5.74) is 3.25. The van der Waals surface area contributed by atoms with Crippen molar-refractivity contribution in [2.45, 2.75) is 32.5 Å². The number of nitrogens with zero attached hydrogens (tertiary/aromatic N) is 5. The Morgan fingerprint density at radius 2 is 1.96 bits per heavy atom. The Labute approximate surface area is 164 Å². The third-order valence-corrected chi connectivity index (χ3v) is 5.52. The first-order chi connectivity index (χ1) is 13.5. The molecule has 0 spiro atoms. The first kappa shape index (κ1) is 18.5. The van der Waals surface area contributed by atoms with E-state index >= 15 is 0 Å². The van der Waals surface area contributed by atoms with Crippen LogP contribution in [0.3, 0.4) is 0 Å². The Morgan fingerprint density at radius 3 is 2.68 bits per heavy atom. The molecule has 1 aromatic carbocycles. The first-order valence-corrected chi connectivity index (χ1v) is 9.49. The van der Waals surface area contributed by atoms with Crippen LogP contribution in [-0.4, -0.2) is 72.1 Å². The normalized spacial score (nSPS) is 23.9. The third kappa shape index (κ3) is 2.59. The van der Waals surface area contributed by atoms with Crippen LogP contribution in [0.4, 0.5) is 10.5 Å². The van der Waals surface area contributed by atoms with E-state index < -0.39 is 12.2 Å². The zero-order valence-corrected chi connectivity index (χ0v) is 16.6. The SMILES string of the molecule is CCc1ccccc1N1C(C)=CN2C1=NC1C2C(=O)N(CCOC)C(=O)N1C. The number of carbonyl (C=O) groups is 2. The molecule has 0 bridgehead atoms. The summed E-state index contributed by atoms with van der Waals surface area (Å²) >= 11 is 0. The quantitative estimate of drug-likeness (QED) is 0.776. The van der Waals surface area contributed by atoms with Gasteiger partial charge in [0.05, 0.1) is 18.8 Å². The second-order valence-corrected chi connectivity index (χ2v) is 7.16. The number of carbonyl (C=O) groups excluding carboxylic acids is 2. The molecule has 0 aromatic heterocycles. The number of rotatable bonds is 5. The molecule has 8 nitrogen and oxygen atoms in total. The molecule has 1 saturated heterocycles. The molecule has 3 heterocycles. The molecule has 4 rings (SSSR count). The van der Waals surface area contributed by atoms with Crippen molar-refractivity contribution < 1.29 is 14.3 Å². The second-order valence-electron chi connectivity index (χ2n) is 7.16. The number of benzene rings is 1. The van der Waals surface area contributed by atoms with Crippen molar-refractivity contribution in [3.63, 3.8) is 0 Å². The fraction of sp³-hybridized carbons (Fsp3) is 0.450. The van der Waals surface area contributed by atoms with Gasteiger partial charge < -0.3 is 14.5 Å². The smallest absolute Gasteiger partial charge is 0.328 e. The maximum atomic E-state index is 13.1. The van der Waals surface area contributed by atoms with Crippen molar-refractivity contribution >= 4 is 23.6 Å². The number of aliphatic imine (C=N–C) groups is 1. The number of hydrogen-bond donors (Lipinski definition) is 0. The fourth-order valence-electron chi connectivity index (χ4n) is 4.07. The summed E-state index contributed by atoms with van der Waals surface area (Å²) in [6.07, 6.45) is 2.31. The molecule has 3 amide bonds. The lowest BCUT2D eigenvalue weighted by Crippen LogP contribution is -2.64. The molecule has 3 aliphatic rings. The van der Waals surface area contributed by atoms with Crippen LogP contribution >= 0.6 is 0 Å². The minimum absolute atomic E-state index is 0.232. The number of hydrogen-bond acceptors (Lipinski definition) is 6. The highest BCUT2D eigenvalue weighted by molar-refractivity contribution is 6.10. The molecular formula is C20H25N5O3. The Balaban J connectivity index is 1.71. The number of aryl methyl sites for hydroxylation is 1. The van der Waals surface area contributed by atoms with E-state index in [0.717, 1.165) is 17.8 Å². The van der Waals surface area contributed by atoms with Crippen molar-refractivity contribution in [3.05, 3.63) is 41.7 Å². The van der Waals surface area contributed by atoms with Crippen molar-refractivity contribution in [3.8, 4) is 0 Å². The molecule has 2 unspecified atom stereocenters. The molecule has 0 saturated carbocycles. The summed E-state index contributed by atoms with van der Waals surface area (Å²) in [5.74, 6) is 0.452. The summed E-state index contributed by atoms with van der Waals surface area (Å²) in [7, 11) is 3.25. The van der Waals surface area contributed by atoms with Gasteiger partial charge in [0.2, 0.25) is 5.96 Å². The summed E-state index contributed by atoms with van der Waals surface area (Å²) in [6.45, 7) is 4.66. The van der Waals surface area contributed by atoms with Crippen LogP contribution in [0, 0.1) is 0 Å². The number of fused-ring (bicyclic) bond motifs is 3. The van der Waals surface area contributed by atoms with Gasteiger partial charge in [-0.15, -0.1) is 0 Å². The molecule has 0 radical (unpaired) electrons. The predicted molar refractivity (Wildman–Crippen MR) is 106 cm³/mol. The molecule has 1 fully saturated rings. The standard InChI is InChI=1S/C20H25N5O3/c1-5-14-8-6-7-9-15(14)25-13(2)12-24-16-17(21-19(24)25)22(3)20(27)23(18(16)26)10-11-28-4/h6-9,12,16-17H,5,10-11H2,1-4H3. The van der Waals surface area contributed by atoms with E-state index in [1.807, 2.05) is 30.2 Å². The van der Waals surface area contributed by atoms with Gasteiger partial charge in [-0.25, -0.2) is 9.79 Å². The first-order valence-electron chi connectivity index (χ1n) is 9.49. The van der Waals surface area contributed by atoms with Gasteiger partial charge in [0.15, 0.2) is 12.2 Å². The molecule has 28 heavy (non-hydrogen) atoms. The Bertz CT molecular complexity index is 880. The predicted octanol–water partition coefficient (Wildman–Crippen LogP) is 1.84. The average Bonchev–Trinajstić information content (AvgIpc) is 3.20. The lowest BCUT2D eigenvalue weighted by Gasteiger charge is -2.40. The molecule has 2 atom stereocenters. The molecule has 0 aliphatic carbocycles. The number of methoxy groups -OCH3 is 1. The number of anilines is 1. The van der Waals surface area contributed by atoms with Gasteiger partial charge in [-0.1, -0.05) is 25.1 Å². The van der Waals surface area contributed by atoms with Crippen LogP contribution in [0.2, 0.25) is 0 Å². The topological polar surface area (TPSA) is 68.7 Å². The molecule has 3 aliphatic heterocycles. The van der Waals surface area contributed by atoms with Gasteiger partial charge >= 0.3 is 6.03 Å². The number of amides is 3. The molecule has 1 aromatic rings. The minimum atomic E-state index is -0.553. The van der Waals surface area contributed by atoms with Gasteiger partial charge in [0.25, 0.3) is 5.91 Å². The van der Waals surface area contributed by atoms with E-state index in [1.54, 1.807) is 19.1 Å². The highest BCUT2D eigenvalue weighted by Crippen LogP contribution is 2.37. The lowest BCUT2D eigenvalue weighted by molar-refractivity contribution is -0.137. The van der Waals surface area contributed by atoms with Crippen LogP contribution in [0.25, 0.3) is 0 Å². The zero-order valence-electron chi connectivity index (χ0n) is 16.6. The Morgan fingerprint density at radius 1 is 1.21 bits per heavy atom. The maximum absolute atomic E-state index is 13.1. The Kier molecular flexibility index (Phi) is 4.58. The number of urea groups is 1. The largest absolute Gasteiger partial charge is 0.383 e. The summed E-state index contributed by atoms with van der Waals surface area (Å²) in [6, 6.07) is 7.29. The number of likely N-dealkylation sites (N-methyl/N-ethyl adjacent to an activating group) is 1. The number of imide groups is 1. The van der Waals surface area contributed by atoms with Crippen LogP contribution in [0.15, 0.2) is 41.2 Å². The van der Waals surface area contributed by atoms with Gasteiger partial charge in [-0.3, -0.25) is 14.6 Å².